The number of aryl methyl sites for hydroxylation is 3. The van der Waals surface area contributed by atoms with Crippen LogP contribution in [0, 0.1) is 13.8 Å². The Labute approximate surface area is 167 Å². The summed E-state index contributed by atoms with van der Waals surface area (Å²) < 4.78 is 7.34. The van der Waals surface area contributed by atoms with Gasteiger partial charge < -0.3 is 14.6 Å². The van der Waals surface area contributed by atoms with Crippen molar-refractivity contribution in [3.8, 4) is 5.75 Å². The van der Waals surface area contributed by atoms with Crippen molar-refractivity contribution in [2.24, 2.45) is 7.05 Å². The van der Waals surface area contributed by atoms with E-state index in [4.69, 9.17) is 4.74 Å². The van der Waals surface area contributed by atoms with Crippen molar-refractivity contribution in [2.45, 2.75) is 26.9 Å². The molecule has 0 bridgehead atoms. The lowest BCUT2D eigenvalue weighted by Gasteiger charge is -2.14. The number of nitrogens with zero attached hydrogens (tertiary/aromatic N) is 2. The first-order valence-corrected chi connectivity index (χ1v) is 9.85. The zero-order chi connectivity index (χ0) is 20.1. The molecular weight excluding hydrogens is 374 g/mol. The molecule has 0 unspecified atom stereocenters. The van der Waals surface area contributed by atoms with Gasteiger partial charge in [-0.1, -0.05) is 30.3 Å². The Hall–Kier alpha value is -2.93. The van der Waals surface area contributed by atoms with Gasteiger partial charge in [-0.3, -0.25) is 9.59 Å². The smallest absolute Gasteiger partial charge is 0.271 e. The first-order valence-electron chi connectivity index (χ1n) is 9.03. The number of carbonyl (C=O) groups is 1. The fourth-order valence-electron chi connectivity index (χ4n) is 2.75. The van der Waals surface area contributed by atoms with Crippen LogP contribution in [0.2, 0.25) is 0 Å². The van der Waals surface area contributed by atoms with E-state index in [0.717, 1.165) is 16.3 Å². The summed E-state index contributed by atoms with van der Waals surface area (Å²) in [4.78, 5) is 30.7. The monoisotopic (exact) mass is 397 g/mol. The maximum atomic E-state index is 12.7. The van der Waals surface area contributed by atoms with Crippen molar-refractivity contribution >= 4 is 17.2 Å². The van der Waals surface area contributed by atoms with Gasteiger partial charge in [0.05, 0.1) is 10.7 Å². The highest BCUT2D eigenvalue weighted by Gasteiger charge is 2.19. The number of pyridine rings is 1. The van der Waals surface area contributed by atoms with Crippen LogP contribution in [0.1, 0.15) is 31.6 Å². The number of nitrogens with one attached hydrogen (secondary N) is 1. The van der Waals surface area contributed by atoms with Crippen molar-refractivity contribution in [1.82, 2.24) is 14.9 Å². The number of rotatable bonds is 7. The molecule has 0 saturated heterocycles. The van der Waals surface area contributed by atoms with E-state index in [1.165, 1.54) is 10.9 Å². The third kappa shape index (κ3) is 4.67. The van der Waals surface area contributed by atoms with Crippen LogP contribution in [0.5, 0.6) is 5.75 Å². The number of thiazole rings is 1. The van der Waals surface area contributed by atoms with Gasteiger partial charge in [-0.2, -0.15) is 0 Å². The highest BCUT2D eigenvalue weighted by molar-refractivity contribution is 7.11. The van der Waals surface area contributed by atoms with Gasteiger partial charge in [-0.25, -0.2) is 4.98 Å². The van der Waals surface area contributed by atoms with Crippen molar-refractivity contribution in [1.29, 1.82) is 0 Å². The quantitative estimate of drug-likeness (QED) is 0.665. The SMILES string of the molecule is Cc1nc(CCNC(=O)c2c(OCc3ccccc3)c(=O)ccn2C)sc1C. The molecule has 3 aromatic rings. The van der Waals surface area contributed by atoms with E-state index in [1.54, 1.807) is 29.1 Å². The largest absolute Gasteiger partial charge is 0.483 e. The summed E-state index contributed by atoms with van der Waals surface area (Å²) >= 11 is 1.63. The molecule has 6 nitrogen and oxygen atoms in total. The zero-order valence-electron chi connectivity index (χ0n) is 16.2. The second-order valence-corrected chi connectivity index (χ2v) is 7.79. The minimum Gasteiger partial charge on any atom is -0.483 e. The number of hydrogen-bond acceptors (Lipinski definition) is 5. The average molecular weight is 398 g/mol. The van der Waals surface area contributed by atoms with E-state index in [9.17, 15) is 9.59 Å². The van der Waals surface area contributed by atoms with Crippen LogP contribution in [0.25, 0.3) is 0 Å². The molecule has 0 radical (unpaired) electrons. The first kappa shape index (κ1) is 19.8. The lowest BCUT2D eigenvalue weighted by atomic mass is 10.2. The number of aromatic nitrogens is 2. The Morgan fingerprint density at radius 2 is 1.96 bits per heavy atom. The molecule has 0 spiro atoms. The van der Waals surface area contributed by atoms with E-state index in [-0.39, 0.29) is 29.4 Å². The molecule has 3 rings (SSSR count). The molecule has 146 valence electrons. The summed E-state index contributed by atoms with van der Waals surface area (Å²) in [6.45, 7) is 4.67. The second-order valence-electron chi connectivity index (χ2n) is 6.50. The van der Waals surface area contributed by atoms with Crippen LogP contribution >= 0.6 is 11.3 Å². The van der Waals surface area contributed by atoms with E-state index < -0.39 is 0 Å². The fourth-order valence-corrected chi connectivity index (χ4v) is 3.69. The summed E-state index contributed by atoms with van der Waals surface area (Å²) in [5.41, 5.74) is 1.85. The molecular formula is C21H23N3O3S. The molecule has 1 amide bonds. The number of amides is 1. The van der Waals surface area contributed by atoms with E-state index >= 15 is 0 Å². The minimum absolute atomic E-state index is 0.0623. The maximum absolute atomic E-state index is 12.7. The molecule has 0 atom stereocenters. The number of ether oxygens (including phenoxy) is 1. The Kier molecular flexibility index (Phi) is 6.26. The van der Waals surface area contributed by atoms with Gasteiger partial charge in [-0.15, -0.1) is 11.3 Å². The van der Waals surface area contributed by atoms with Crippen LogP contribution in [0.3, 0.4) is 0 Å². The number of hydrogen-bond donors (Lipinski definition) is 1. The minimum atomic E-state index is -0.340. The third-order valence-corrected chi connectivity index (χ3v) is 5.51. The average Bonchev–Trinajstić information content (AvgIpc) is 3.00. The number of carbonyl (C=O) groups excluding carboxylic acids is 1. The van der Waals surface area contributed by atoms with Gasteiger partial charge >= 0.3 is 0 Å². The van der Waals surface area contributed by atoms with Crippen LogP contribution < -0.4 is 15.5 Å². The van der Waals surface area contributed by atoms with Gasteiger partial charge in [0.2, 0.25) is 5.43 Å². The summed E-state index contributed by atoms with van der Waals surface area (Å²) in [6.07, 6.45) is 2.21. The molecule has 0 aliphatic carbocycles. The highest BCUT2D eigenvalue weighted by atomic mass is 32.1. The Balaban J connectivity index is 1.71. The normalized spacial score (nSPS) is 10.7. The standard InChI is InChI=1S/C21H23N3O3S/c1-14-15(2)28-18(23-14)9-11-22-21(26)19-20(17(25)10-12-24(19)3)27-13-16-7-5-4-6-8-16/h4-8,10,12H,9,11,13H2,1-3H3,(H,22,26). The van der Waals surface area contributed by atoms with Crippen LogP contribution in [-0.4, -0.2) is 22.0 Å². The van der Waals surface area contributed by atoms with Crippen LogP contribution in [0.4, 0.5) is 0 Å². The summed E-state index contributed by atoms with van der Waals surface area (Å²) in [5.74, 6) is -0.277. The van der Waals surface area contributed by atoms with Crippen molar-refractivity contribution < 1.29 is 9.53 Å². The summed E-state index contributed by atoms with van der Waals surface area (Å²) in [7, 11) is 1.72. The second kappa shape index (κ2) is 8.84. The topological polar surface area (TPSA) is 73.2 Å². The first-order chi connectivity index (χ1) is 13.5. The summed E-state index contributed by atoms with van der Waals surface area (Å²) in [6, 6.07) is 10.9. The molecule has 0 aliphatic rings. The lowest BCUT2D eigenvalue weighted by Crippen LogP contribution is -2.30. The fraction of sp³-hybridized carbons (Fsp3) is 0.286. The molecule has 1 aromatic carbocycles. The molecule has 0 fully saturated rings. The van der Waals surface area contributed by atoms with Crippen LogP contribution in [-0.2, 0) is 20.1 Å². The molecule has 28 heavy (non-hydrogen) atoms. The zero-order valence-corrected chi connectivity index (χ0v) is 17.0. The number of benzene rings is 1. The molecule has 7 heteroatoms. The molecule has 0 saturated carbocycles. The van der Waals surface area contributed by atoms with Crippen LogP contribution in [0.15, 0.2) is 47.4 Å². The molecule has 2 heterocycles. The van der Waals surface area contributed by atoms with E-state index in [2.05, 4.69) is 10.3 Å². The Bertz CT molecular complexity index is 1010. The van der Waals surface area contributed by atoms with Gasteiger partial charge in [0.1, 0.15) is 6.61 Å². The Morgan fingerprint density at radius 3 is 2.64 bits per heavy atom. The van der Waals surface area contributed by atoms with Crippen molar-refractivity contribution in [2.75, 3.05) is 6.54 Å². The van der Waals surface area contributed by atoms with E-state index in [0.29, 0.717) is 13.0 Å². The predicted octanol–water partition coefficient (Wildman–Crippen LogP) is 3.01. The lowest BCUT2D eigenvalue weighted by molar-refractivity contribution is 0.0939. The van der Waals surface area contributed by atoms with Gasteiger partial charge in [0, 0.05) is 37.2 Å². The highest BCUT2D eigenvalue weighted by Crippen LogP contribution is 2.17. The predicted molar refractivity (Wildman–Crippen MR) is 110 cm³/mol. The van der Waals surface area contributed by atoms with E-state index in [1.807, 2.05) is 44.2 Å². The Morgan fingerprint density at radius 1 is 1.21 bits per heavy atom. The van der Waals surface area contributed by atoms with Gasteiger partial charge in [0.25, 0.3) is 5.91 Å². The summed E-state index contributed by atoms with van der Waals surface area (Å²) in [5, 5.41) is 3.85. The van der Waals surface area contributed by atoms with Gasteiger partial charge in [-0.05, 0) is 19.4 Å². The van der Waals surface area contributed by atoms with Gasteiger partial charge in [0.15, 0.2) is 11.4 Å². The molecule has 0 aliphatic heterocycles. The van der Waals surface area contributed by atoms with Crippen molar-refractivity contribution in [3.05, 3.63) is 79.7 Å². The third-order valence-electron chi connectivity index (χ3n) is 4.38. The maximum Gasteiger partial charge on any atom is 0.271 e. The molecule has 2 aromatic heterocycles. The molecule has 1 N–H and O–H groups in total. The van der Waals surface area contributed by atoms with Crippen molar-refractivity contribution in [3.63, 3.8) is 0 Å².